The first-order valence-corrected chi connectivity index (χ1v) is 13.4. The van der Waals surface area contributed by atoms with E-state index in [1.807, 2.05) is 20.8 Å². The van der Waals surface area contributed by atoms with E-state index in [4.69, 9.17) is 9.47 Å². The number of halogens is 4. The lowest BCUT2D eigenvalue weighted by Crippen LogP contribution is -2.34. The molecule has 2 heterocycles. The predicted molar refractivity (Wildman–Crippen MR) is 155 cm³/mol. The van der Waals surface area contributed by atoms with Gasteiger partial charge in [0.25, 0.3) is 6.43 Å². The molecule has 1 fully saturated rings. The van der Waals surface area contributed by atoms with Gasteiger partial charge < -0.3 is 24.6 Å². The molecule has 1 aromatic heterocycles. The highest BCUT2D eigenvalue weighted by Crippen LogP contribution is 2.31. The Morgan fingerprint density at radius 2 is 1.98 bits per heavy atom. The average Bonchev–Trinajstić information content (AvgIpc) is 3.46. The normalized spacial score (nSPS) is 13.3. The molecule has 2 aromatic rings. The van der Waals surface area contributed by atoms with Crippen LogP contribution in [0.3, 0.4) is 0 Å². The van der Waals surface area contributed by atoms with Crippen molar-refractivity contribution in [2.75, 3.05) is 37.0 Å². The molecule has 0 bridgehead atoms. The molecule has 0 spiro atoms. The van der Waals surface area contributed by atoms with Gasteiger partial charge in [0, 0.05) is 39.1 Å². The minimum absolute atomic E-state index is 0.0452. The molecule has 10 nitrogen and oxygen atoms in total. The van der Waals surface area contributed by atoms with Crippen molar-refractivity contribution in [1.82, 2.24) is 9.88 Å². The fourth-order valence-corrected chi connectivity index (χ4v) is 3.92. The largest absolute Gasteiger partial charge is 0.470 e. The smallest absolute Gasteiger partial charge is 0.410 e. The van der Waals surface area contributed by atoms with Gasteiger partial charge in [0.2, 0.25) is 12.3 Å². The molecule has 1 N–H and O–H groups in total. The molecule has 1 aliphatic rings. The van der Waals surface area contributed by atoms with E-state index in [1.165, 1.54) is 29.3 Å². The van der Waals surface area contributed by atoms with E-state index in [0.717, 1.165) is 25.9 Å². The van der Waals surface area contributed by atoms with Crippen molar-refractivity contribution in [2.45, 2.75) is 52.2 Å². The molecule has 1 aliphatic heterocycles. The third-order valence-corrected chi connectivity index (χ3v) is 6.02. The summed E-state index contributed by atoms with van der Waals surface area (Å²) in [5.74, 6) is -0.679. The van der Waals surface area contributed by atoms with Crippen molar-refractivity contribution in [3.63, 3.8) is 0 Å². The molecule has 2 amide bonds. The number of rotatable bonds is 9. The summed E-state index contributed by atoms with van der Waals surface area (Å²) in [7, 11) is 1.65. The van der Waals surface area contributed by atoms with Gasteiger partial charge in [0.05, 0.1) is 33.6 Å². The molecule has 224 valence electrons. The number of nitrogens with one attached hydrogen (secondary N) is 1. The second-order valence-corrected chi connectivity index (χ2v) is 10.6. The molecular weight excluding hydrogens is 609 g/mol. The molecule has 41 heavy (non-hydrogen) atoms. The average molecular weight is 644 g/mol. The monoisotopic (exact) mass is 642 g/mol. The molecule has 0 saturated carbocycles. The number of benzene rings is 1. The number of likely N-dealkylation sites (tertiary alicyclic amines) is 1. The topological polar surface area (TPSA) is 109 Å². The summed E-state index contributed by atoms with van der Waals surface area (Å²) in [5.41, 5.74) is 1.28. The van der Waals surface area contributed by atoms with Crippen molar-refractivity contribution in [1.29, 1.82) is 0 Å². The Balaban J connectivity index is 0.000000408. The molecule has 0 atom stereocenters. The van der Waals surface area contributed by atoms with Gasteiger partial charge in [-0.3, -0.25) is 9.78 Å². The van der Waals surface area contributed by atoms with E-state index in [0.29, 0.717) is 29.0 Å². The van der Waals surface area contributed by atoms with Gasteiger partial charge in [0.15, 0.2) is 6.61 Å². The number of alkyl halides is 2. The third-order valence-electron chi connectivity index (χ3n) is 5.41. The summed E-state index contributed by atoms with van der Waals surface area (Å²) < 4.78 is 49.0. The van der Waals surface area contributed by atoms with Gasteiger partial charge >= 0.3 is 6.09 Å². The highest BCUT2D eigenvalue weighted by molar-refractivity contribution is 9.10. The Hall–Kier alpha value is -3.68. The number of nitrogens with zero attached hydrogens (tertiary/aromatic N) is 5. The molecule has 3 rings (SSSR count). The summed E-state index contributed by atoms with van der Waals surface area (Å²) in [6.45, 7) is 9.75. The van der Waals surface area contributed by atoms with Crippen LogP contribution in [-0.4, -0.2) is 73.8 Å². The zero-order valence-electron chi connectivity index (χ0n) is 23.4. The predicted octanol–water partition coefficient (Wildman–Crippen LogP) is 5.85. The lowest BCUT2D eigenvalue weighted by atomic mass is 10.2. The van der Waals surface area contributed by atoms with Crippen molar-refractivity contribution < 1.29 is 32.2 Å². The van der Waals surface area contributed by atoms with E-state index in [1.54, 1.807) is 18.0 Å². The minimum Gasteiger partial charge on any atom is -0.470 e. The van der Waals surface area contributed by atoms with Gasteiger partial charge in [-0.25, -0.2) is 18.0 Å². The SMILES string of the molecule is C=N/N=C(\OCC(F)F)c1ccc(CN(C=O)c2cc(F)c(Br)cc2NC)nc1.CC(C)(C)OC(=O)N1CCCC1. The van der Waals surface area contributed by atoms with Crippen LogP contribution in [0.5, 0.6) is 0 Å². The number of carbonyl (C=O) groups is 2. The number of anilines is 2. The Bertz CT molecular complexity index is 1200. The zero-order valence-corrected chi connectivity index (χ0v) is 25.0. The number of amides is 2. The molecule has 0 unspecified atom stereocenters. The second kappa shape index (κ2) is 15.9. The molecular formula is C27H34BrF3N6O4. The maximum absolute atomic E-state index is 13.9. The number of hydrogen-bond acceptors (Lipinski definition) is 8. The highest BCUT2D eigenvalue weighted by atomic mass is 79.9. The number of ether oxygens (including phenoxy) is 2. The number of aromatic nitrogens is 1. The lowest BCUT2D eigenvalue weighted by molar-refractivity contribution is -0.107. The number of carbonyl (C=O) groups excluding carboxylic acids is 2. The Morgan fingerprint density at radius 1 is 1.29 bits per heavy atom. The molecule has 14 heteroatoms. The summed E-state index contributed by atoms with van der Waals surface area (Å²) in [6, 6.07) is 5.83. The first-order chi connectivity index (χ1) is 19.4. The maximum Gasteiger partial charge on any atom is 0.410 e. The Morgan fingerprint density at radius 3 is 2.49 bits per heavy atom. The first kappa shape index (κ1) is 33.5. The van der Waals surface area contributed by atoms with Crippen molar-refractivity contribution in [3.05, 3.63) is 52.0 Å². The van der Waals surface area contributed by atoms with Crippen LogP contribution in [0.2, 0.25) is 0 Å². The van der Waals surface area contributed by atoms with E-state index in [-0.39, 0.29) is 28.6 Å². The van der Waals surface area contributed by atoms with E-state index in [2.05, 4.69) is 43.2 Å². The fourth-order valence-electron chi connectivity index (χ4n) is 3.57. The van der Waals surface area contributed by atoms with Crippen LogP contribution in [0.15, 0.2) is 45.1 Å². The van der Waals surface area contributed by atoms with Gasteiger partial charge in [-0.2, -0.15) is 5.10 Å². The number of pyridine rings is 1. The quantitative estimate of drug-likeness (QED) is 0.159. The molecule has 0 aliphatic carbocycles. The standard InChI is InChI=1S/C18H17BrF3N5O2.C9H17NO2/c1-23-15-5-13(19)14(20)6-16(15)27(10-28)8-12-4-3-11(7-25-12)18(26-24-2)29-9-17(21)22;1-9(2,3)12-8(11)10-6-4-5-7-10/h3-7,10,17,23H,2,8-9H2,1H3;4-7H2,1-3H3/b26-18-;. The summed E-state index contributed by atoms with van der Waals surface area (Å²) in [4.78, 5) is 30.2. The van der Waals surface area contributed by atoms with Gasteiger partial charge in [-0.05, 0) is 67.7 Å². The molecule has 0 radical (unpaired) electrons. The van der Waals surface area contributed by atoms with E-state index < -0.39 is 18.8 Å². The van der Waals surface area contributed by atoms with Crippen LogP contribution in [-0.2, 0) is 20.8 Å². The van der Waals surface area contributed by atoms with Crippen molar-refractivity contribution >= 4 is 52.4 Å². The minimum atomic E-state index is -2.67. The lowest BCUT2D eigenvalue weighted by Gasteiger charge is -2.23. The van der Waals surface area contributed by atoms with Gasteiger partial charge in [-0.15, -0.1) is 5.10 Å². The van der Waals surface area contributed by atoms with E-state index in [9.17, 15) is 22.8 Å². The van der Waals surface area contributed by atoms with Crippen molar-refractivity contribution in [3.8, 4) is 0 Å². The number of hydrogen-bond donors (Lipinski definition) is 1. The van der Waals surface area contributed by atoms with Crippen LogP contribution >= 0.6 is 15.9 Å². The van der Waals surface area contributed by atoms with Crippen LogP contribution < -0.4 is 10.2 Å². The van der Waals surface area contributed by atoms with Crippen LogP contribution in [0, 0.1) is 5.82 Å². The zero-order chi connectivity index (χ0) is 30.6. The van der Waals surface area contributed by atoms with E-state index >= 15 is 0 Å². The summed E-state index contributed by atoms with van der Waals surface area (Å²) >= 11 is 3.10. The first-order valence-electron chi connectivity index (χ1n) is 12.6. The fraction of sp³-hybridized carbons (Fsp3) is 0.444. The van der Waals surface area contributed by atoms with Gasteiger partial charge in [-0.1, -0.05) is 0 Å². The maximum atomic E-state index is 13.9. The van der Waals surface area contributed by atoms with Crippen molar-refractivity contribution in [2.24, 2.45) is 10.2 Å². The highest BCUT2D eigenvalue weighted by Gasteiger charge is 2.24. The molecule has 1 aromatic carbocycles. The summed E-state index contributed by atoms with van der Waals surface area (Å²) in [6.07, 6.45) is 1.28. The van der Waals surface area contributed by atoms with Crippen LogP contribution in [0.4, 0.5) is 29.3 Å². The van der Waals surface area contributed by atoms with Crippen LogP contribution in [0.25, 0.3) is 0 Å². The third kappa shape index (κ3) is 11.0. The summed E-state index contributed by atoms with van der Waals surface area (Å²) in [5, 5.41) is 9.76. The second-order valence-electron chi connectivity index (χ2n) is 9.73. The Kier molecular flexibility index (Phi) is 13.0. The molecule has 1 saturated heterocycles. The van der Waals surface area contributed by atoms with Crippen LogP contribution in [0.1, 0.15) is 44.9 Å². The van der Waals surface area contributed by atoms with Gasteiger partial charge in [0.1, 0.15) is 11.4 Å². The Labute approximate surface area is 245 Å².